The molecule has 1 unspecified atom stereocenters. The summed E-state index contributed by atoms with van der Waals surface area (Å²) in [5.41, 5.74) is 0.663. The highest BCUT2D eigenvalue weighted by Crippen LogP contribution is 2.30. The number of pyridine rings is 1. The van der Waals surface area contributed by atoms with E-state index in [9.17, 15) is 27.2 Å². The average Bonchev–Trinajstić information content (AvgIpc) is 3.61. The molecule has 186 valence electrons. The number of rotatable bonds is 6. The van der Waals surface area contributed by atoms with E-state index in [1.807, 2.05) is 0 Å². The second-order valence-corrected chi connectivity index (χ2v) is 7.40. The van der Waals surface area contributed by atoms with Gasteiger partial charge in [-0.25, -0.2) is 32.9 Å². The Kier molecular flexibility index (Phi) is 8.28. The highest BCUT2D eigenvalue weighted by Gasteiger charge is 2.29. The molecule has 14 heteroatoms. The highest BCUT2D eigenvalue weighted by molar-refractivity contribution is 5.94. The largest absolute Gasteiger partial charge is 0.441 e. The van der Waals surface area contributed by atoms with Gasteiger partial charge in [-0.05, 0) is 25.8 Å². The van der Waals surface area contributed by atoms with E-state index in [2.05, 4.69) is 30.7 Å². The normalized spacial score (nSPS) is 13.3. The summed E-state index contributed by atoms with van der Waals surface area (Å²) in [6.45, 7) is -0.360. The summed E-state index contributed by atoms with van der Waals surface area (Å²) in [6, 6.07) is 0.910. The third kappa shape index (κ3) is 6.71. The molecule has 0 radical (unpaired) electrons. The number of nitrogens with zero attached hydrogens (tertiary/aromatic N) is 5. The van der Waals surface area contributed by atoms with Gasteiger partial charge < -0.3 is 10.1 Å². The number of anilines is 2. The molecule has 0 aliphatic heterocycles. The van der Waals surface area contributed by atoms with Crippen LogP contribution in [0.3, 0.4) is 0 Å². The molecule has 1 atom stereocenters. The van der Waals surface area contributed by atoms with Crippen molar-refractivity contribution in [3.05, 3.63) is 48.2 Å². The lowest BCUT2D eigenvalue weighted by Crippen LogP contribution is -2.19. The molecule has 10 nitrogen and oxygen atoms in total. The number of ether oxygens (including phenoxy) is 1. The first kappa shape index (κ1) is 25.5. The summed E-state index contributed by atoms with van der Waals surface area (Å²) < 4.78 is 52.9. The number of carbonyl (C=O) groups excluding carboxylic acids is 2. The van der Waals surface area contributed by atoms with Gasteiger partial charge in [0.25, 0.3) is 0 Å². The summed E-state index contributed by atoms with van der Waals surface area (Å²) in [5, 5.41) is 9.35. The lowest BCUT2D eigenvalue weighted by atomic mass is 10.2. The van der Waals surface area contributed by atoms with E-state index in [1.165, 1.54) is 30.2 Å². The third-order valence-electron chi connectivity index (χ3n) is 4.82. The van der Waals surface area contributed by atoms with Crippen LogP contribution in [0.5, 0.6) is 0 Å². The number of halogens is 4. The van der Waals surface area contributed by atoms with Crippen molar-refractivity contribution in [3.63, 3.8) is 0 Å². The van der Waals surface area contributed by atoms with Gasteiger partial charge in [-0.1, -0.05) is 0 Å². The van der Waals surface area contributed by atoms with Crippen molar-refractivity contribution in [1.82, 2.24) is 24.7 Å². The molecule has 1 fully saturated rings. The van der Waals surface area contributed by atoms with Crippen molar-refractivity contribution in [3.8, 4) is 11.4 Å². The maximum atomic E-state index is 13.8. The Morgan fingerprint density at radius 3 is 2.40 bits per heavy atom. The maximum Gasteiger partial charge on any atom is 0.413 e. The monoisotopic (exact) mass is 495 g/mol. The van der Waals surface area contributed by atoms with Gasteiger partial charge in [-0.3, -0.25) is 14.8 Å². The summed E-state index contributed by atoms with van der Waals surface area (Å²) in [5.74, 6) is -1.21. The lowest BCUT2D eigenvalue weighted by molar-refractivity contribution is -0.117. The molecule has 2 N–H and O–H groups in total. The Balaban J connectivity index is 0.00000108. The summed E-state index contributed by atoms with van der Waals surface area (Å²) in [4.78, 5) is 35.9. The van der Waals surface area contributed by atoms with Crippen LogP contribution in [0.1, 0.15) is 31.4 Å². The van der Waals surface area contributed by atoms with E-state index in [1.54, 1.807) is 7.05 Å². The van der Waals surface area contributed by atoms with Crippen molar-refractivity contribution in [1.29, 1.82) is 0 Å². The van der Waals surface area contributed by atoms with Gasteiger partial charge in [0.1, 0.15) is 17.7 Å². The molecule has 2 amide bonds. The molecule has 0 bridgehead atoms. The number of amides is 2. The van der Waals surface area contributed by atoms with Gasteiger partial charge in [-0.2, -0.15) is 9.49 Å². The van der Waals surface area contributed by atoms with Crippen LogP contribution in [-0.4, -0.2) is 43.7 Å². The zero-order chi connectivity index (χ0) is 25.5. The Morgan fingerprint density at radius 1 is 1.11 bits per heavy atom. The van der Waals surface area contributed by atoms with Crippen LogP contribution in [0.15, 0.2) is 30.9 Å². The summed E-state index contributed by atoms with van der Waals surface area (Å²) >= 11 is 0. The Hall–Kier alpha value is -4.10. The quantitative estimate of drug-likeness (QED) is 0.390. The van der Waals surface area contributed by atoms with Crippen LogP contribution in [0.25, 0.3) is 11.4 Å². The molecule has 0 aromatic carbocycles. The Bertz CT molecular complexity index is 1190. The average molecular weight is 495 g/mol. The predicted molar refractivity (Wildman–Crippen MR) is 115 cm³/mol. The second kappa shape index (κ2) is 11.4. The number of nitrogens with one attached hydrogen (secondary N) is 2. The van der Waals surface area contributed by atoms with Crippen molar-refractivity contribution in [2.45, 2.75) is 25.9 Å². The molecule has 0 spiro atoms. The SMILES string of the molecule is CC(OC(=O)Nc1c(-c2ncc(NC(=O)C3CC3)cn2)cnn1C)c1cc(F)cnc1F.FCF. The van der Waals surface area contributed by atoms with Crippen LogP contribution >= 0.6 is 0 Å². The zero-order valence-corrected chi connectivity index (χ0v) is 18.6. The van der Waals surface area contributed by atoms with Crippen molar-refractivity contribution in [2.24, 2.45) is 13.0 Å². The topological polar surface area (TPSA) is 124 Å². The zero-order valence-electron chi connectivity index (χ0n) is 18.6. The van der Waals surface area contributed by atoms with Gasteiger partial charge in [-0.15, -0.1) is 0 Å². The fraction of sp³-hybridized carbons (Fsp3) is 0.333. The van der Waals surface area contributed by atoms with Gasteiger partial charge in [0.2, 0.25) is 18.8 Å². The first-order chi connectivity index (χ1) is 16.7. The maximum absolute atomic E-state index is 13.8. The van der Waals surface area contributed by atoms with Crippen LogP contribution in [0.2, 0.25) is 0 Å². The number of aryl methyl sites for hydroxylation is 1. The van der Waals surface area contributed by atoms with Crippen LogP contribution in [-0.2, 0) is 16.6 Å². The number of hydrogen-bond donors (Lipinski definition) is 2. The van der Waals surface area contributed by atoms with Crippen molar-refractivity contribution < 1.29 is 31.9 Å². The molecule has 1 aliphatic carbocycles. The van der Waals surface area contributed by atoms with Crippen LogP contribution in [0.4, 0.5) is 33.9 Å². The third-order valence-corrected chi connectivity index (χ3v) is 4.82. The molecule has 3 heterocycles. The van der Waals surface area contributed by atoms with Gasteiger partial charge in [0.05, 0.1) is 41.6 Å². The minimum absolute atomic E-state index is 0.0499. The predicted octanol–water partition coefficient (Wildman–Crippen LogP) is 4.09. The van der Waals surface area contributed by atoms with Crippen LogP contribution in [0, 0.1) is 17.7 Å². The van der Waals surface area contributed by atoms with Crippen molar-refractivity contribution >= 4 is 23.5 Å². The van der Waals surface area contributed by atoms with Crippen molar-refractivity contribution in [2.75, 3.05) is 17.6 Å². The molecular weight excluding hydrogens is 474 g/mol. The van der Waals surface area contributed by atoms with E-state index in [4.69, 9.17) is 4.74 Å². The van der Waals surface area contributed by atoms with Gasteiger partial charge in [0.15, 0.2) is 5.82 Å². The van der Waals surface area contributed by atoms with E-state index in [-0.39, 0.29) is 29.0 Å². The second-order valence-electron chi connectivity index (χ2n) is 7.40. The number of carbonyl (C=O) groups is 2. The smallest absolute Gasteiger partial charge is 0.413 e. The van der Waals surface area contributed by atoms with E-state index >= 15 is 0 Å². The van der Waals surface area contributed by atoms with Gasteiger partial charge >= 0.3 is 6.09 Å². The van der Waals surface area contributed by atoms with E-state index in [0.717, 1.165) is 25.1 Å². The lowest BCUT2D eigenvalue weighted by Gasteiger charge is -2.15. The molecule has 3 aromatic heterocycles. The fourth-order valence-electron chi connectivity index (χ4n) is 2.94. The number of aromatic nitrogens is 5. The number of hydrogen-bond acceptors (Lipinski definition) is 7. The minimum atomic E-state index is -1.75. The first-order valence-electron chi connectivity index (χ1n) is 10.3. The Morgan fingerprint density at radius 2 is 1.77 bits per heavy atom. The molecule has 3 aromatic rings. The molecule has 1 aliphatic rings. The van der Waals surface area contributed by atoms with E-state index in [0.29, 0.717) is 11.3 Å². The van der Waals surface area contributed by atoms with Gasteiger partial charge in [0, 0.05) is 13.0 Å². The van der Waals surface area contributed by atoms with Crippen LogP contribution < -0.4 is 10.6 Å². The summed E-state index contributed by atoms with van der Waals surface area (Å²) in [6.07, 6.45) is 4.85. The molecular formula is C21H21F4N7O3. The Labute approximate surface area is 196 Å². The standard InChI is InChI=1S/C20H19F2N7O3.CH2F2/c1-10(14-5-12(21)6-23-16(14)22)32-20(31)28-18-15(9-26-29(18)2)17-24-7-13(8-25-17)27-19(30)11-3-4-11;2-1-3/h5-11H,3-4H2,1-2H3,(H,27,30)(H,28,31);1H2. The van der Waals surface area contributed by atoms with E-state index < -0.39 is 30.9 Å². The molecule has 1 saturated carbocycles. The number of alkyl halides is 2. The minimum Gasteiger partial charge on any atom is -0.441 e. The molecule has 4 rings (SSSR count). The molecule has 35 heavy (non-hydrogen) atoms. The summed E-state index contributed by atoms with van der Waals surface area (Å²) in [7, 11) is 1.59. The fourth-order valence-corrected chi connectivity index (χ4v) is 2.94. The first-order valence-corrected chi connectivity index (χ1v) is 10.3. The highest BCUT2D eigenvalue weighted by atomic mass is 19.3. The molecule has 0 saturated heterocycles.